The molecule has 0 aliphatic heterocycles. The van der Waals surface area contributed by atoms with Crippen LogP contribution in [-0.2, 0) is 4.79 Å². The Bertz CT molecular complexity index is 185. The molecule has 0 radical (unpaired) electrons. The van der Waals surface area contributed by atoms with E-state index in [2.05, 4.69) is 18.8 Å². The lowest BCUT2D eigenvalue weighted by molar-refractivity contribution is -0.120. The molecule has 0 aliphatic rings. The van der Waals surface area contributed by atoms with Gasteiger partial charge in [-0.25, -0.2) is 0 Å². The molecule has 3 nitrogen and oxygen atoms in total. The maximum absolute atomic E-state index is 11.4. The SMILES string of the molecule is C=CCNC(=O)C(C)SCC(C)CN. The van der Waals surface area contributed by atoms with Crippen molar-refractivity contribution < 1.29 is 4.79 Å². The molecule has 0 aliphatic carbocycles. The highest BCUT2D eigenvalue weighted by Gasteiger charge is 2.13. The summed E-state index contributed by atoms with van der Waals surface area (Å²) in [5.41, 5.74) is 5.49. The summed E-state index contributed by atoms with van der Waals surface area (Å²) in [6.07, 6.45) is 1.68. The van der Waals surface area contributed by atoms with Crippen molar-refractivity contribution in [2.45, 2.75) is 19.1 Å². The molecule has 3 N–H and O–H groups in total. The molecule has 0 spiro atoms. The van der Waals surface area contributed by atoms with Crippen LogP contribution in [0.1, 0.15) is 13.8 Å². The second-order valence-corrected chi connectivity index (χ2v) is 4.72. The smallest absolute Gasteiger partial charge is 0.233 e. The van der Waals surface area contributed by atoms with Crippen LogP contribution in [0, 0.1) is 5.92 Å². The van der Waals surface area contributed by atoms with Crippen LogP contribution in [0.2, 0.25) is 0 Å². The van der Waals surface area contributed by atoms with Crippen molar-refractivity contribution in [1.82, 2.24) is 5.32 Å². The van der Waals surface area contributed by atoms with E-state index in [1.165, 1.54) is 0 Å². The molecule has 4 heteroatoms. The van der Waals surface area contributed by atoms with Gasteiger partial charge in [-0.3, -0.25) is 4.79 Å². The Morgan fingerprint density at radius 1 is 1.64 bits per heavy atom. The minimum Gasteiger partial charge on any atom is -0.352 e. The van der Waals surface area contributed by atoms with Crippen LogP contribution in [0.5, 0.6) is 0 Å². The van der Waals surface area contributed by atoms with Gasteiger partial charge in [0.25, 0.3) is 0 Å². The van der Waals surface area contributed by atoms with Crippen molar-refractivity contribution in [1.29, 1.82) is 0 Å². The van der Waals surface area contributed by atoms with Crippen molar-refractivity contribution in [2.75, 3.05) is 18.8 Å². The summed E-state index contributed by atoms with van der Waals surface area (Å²) in [6.45, 7) is 8.75. The maximum atomic E-state index is 11.4. The molecule has 0 aromatic heterocycles. The van der Waals surface area contributed by atoms with E-state index < -0.39 is 0 Å². The van der Waals surface area contributed by atoms with Gasteiger partial charge in [-0.15, -0.1) is 18.3 Å². The number of hydrogen-bond donors (Lipinski definition) is 2. The number of nitrogens with two attached hydrogens (primary N) is 1. The number of thioether (sulfide) groups is 1. The maximum Gasteiger partial charge on any atom is 0.233 e. The van der Waals surface area contributed by atoms with Crippen LogP contribution in [-0.4, -0.2) is 30.0 Å². The molecule has 0 aromatic rings. The summed E-state index contributed by atoms with van der Waals surface area (Å²) in [4.78, 5) is 11.4. The third-order valence-corrected chi connectivity index (χ3v) is 3.30. The summed E-state index contributed by atoms with van der Waals surface area (Å²) in [5.74, 6) is 1.47. The average Bonchev–Trinajstić information content (AvgIpc) is 2.21. The van der Waals surface area contributed by atoms with Gasteiger partial charge in [0, 0.05) is 6.54 Å². The zero-order valence-electron chi connectivity index (χ0n) is 8.95. The minimum absolute atomic E-state index is 0.0102. The third-order valence-electron chi connectivity index (χ3n) is 1.82. The van der Waals surface area contributed by atoms with Gasteiger partial charge in [-0.2, -0.15) is 0 Å². The first-order chi connectivity index (χ1) is 6.61. The molecule has 0 bridgehead atoms. The lowest BCUT2D eigenvalue weighted by atomic mass is 10.2. The zero-order valence-corrected chi connectivity index (χ0v) is 9.77. The van der Waals surface area contributed by atoms with Crippen LogP contribution >= 0.6 is 11.8 Å². The molecule has 0 rings (SSSR count). The van der Waals surface area contributed by atoms with Gasteiger partial charge < -0.3 is 11.1 Å². The number of hydrogen-bond acceptors (Lipinski definition) is 3. The molecule has 0 fully saturated rings. The highest BCUT2D eigenvalue weighted by atomic mass is 32.2. The normalized spacial score (nSPS) is 14.5. The van der Waals surface area contributed by atoms with E-state index >= 15 is 0 Å². The highest BCUT2D eigenvalue weighted by Crippen LogP contribution is 2.14. The quantitative estimate of drug-likeness (QED) is 0.624. The van der Waals surface area contributed by atoms with E-state index in [0.717, 1.165) is 5.75 Å². The summed E-state index contributed by atoms with van der Waals surface area (Å²) < 4.78 is 0. The Balaban J connectivity index is 3.66. The Kier molecular flexibility index (Phi) is 7.61. The largest absolute Gasteiger partial charge is 0.352 e. The van der Waals surface area contributed by atoms with E-state index in [1.54, 1.807) is 17.8 Å². The molecule has 2 unspecified atom stereocenters. The fourth-order valence-electron chi connectivity index (χ4n) is 0.769. The molecular formula is C10H20N2OS. The first-order valence-electron chi connectivity index (χ1n) is 4.82. The molecule has 0 saturated carbocycles. The van der Waals surface area contributed by atoms with Gasteiger partial charge in [0.05, 0.1) is 5.25 Å². The van der Waals surface area contributed by atoms with Gasteiger partial charge in [-0.1, -0.05) is 13.0 Å². The zero-order chi connectivity index (χ0) is 11.0. The second-order valence-electron chi connectivity index (χ2n) is 3.35. The Hall–Kier alpha value is -0.480. The number of carbonyl (C=O) groups excluding carboxylic acids is 1. The molecule has 0 heterocycles. The predicted octanol–water partition coefficient (Wildman–Crippen LogP) is 1.01. The lowest BCUT2D eigenvalue weighted by Crippen LogP contribution is -2.31. The Labute approximate surface area is 90.5 Å². The van der Waals surface area contributed by atoms with Crippen molar-refractivity contribution in [3.63, 3.8) is 0 Å². The minimum atomic E-state index is -0.0102. The Morgan fingerprint density at radius 2 is 2.29 bits per heavy atom. The van der Waals surface area contributed by atoms with Crippen molar-refractivity contribution >= 4 is 17.7 Å². The van der Waals surface area contributed by atoms with Crippen LogP contribution in [0.3, 0.4) is 0 Å². The van der Waals surface area contributed by atoms with E-state index in [-0.39, 0.29) is 11.2 Å². The molecule has 0 aromatic carbocycles. The first-order valence-corrected chi connectivity index (χ1v) is 5.87. The molecular weight excluding hydrogens is 196 g/mol. The summed E-state index contributed by atoms with van der Waals surface area (Å²) in [6, 6.07) is 0. The first kappa shape index (κ1) is 13.5. The van der Waals surface area contributed by atoms with Crippen LogP contribution < -0.4 is 11.1 Å². The van der Waals surface area contributed by atoms with Crippen LogP contribution in [0.25, 0.3) is 0 Å². The monoisotopic (exact) mass is 216 g/mol. The van der Waals surface area contributed by atoms with E-state index in [4.69, 9.17) is 5.73 Å². The van der Waals surface area contributed by atoms with Crippen LogP contribution in [0.4, 0.5) is 0 Å². The highest BCUT2D eigenvalue weighted by molar-refractivity contribution is 8.00. The number of carbonyl (C=O) groups is 1. The summed E-state index contributed by atoms with van der Waals surface area (Å²) in [7, 11) is 0. The molecule has 14 heavy (non-hydrogen) atoms. The van der Waals surface area contributed by atoms with Crippen LogP contribution in [0.15, 0.2) is 12.7 Å². The predicted molar refractivity (Wildman–Crippen MR) is 63.3 cm³/mol. The molecule has 1 amide bonds. The second kappa shape index (κ2) is 7.88. The van der Waals surface area contributed by atoms with Gasteiger partial charge in [0.1, 0.15) is 0 Å². The van der Waals surface area contributed by atoms with Gasteiger partial charge in [0.15, 0.2) is 0 Å². The van der Waals surface area contributed by atoms with Crippen molar-refractivity contribution in [2.24, 2.45) is 11.7 Å². The molecule has 82 valence electrons. The lowest BCUT2D eigenvalue weighted by Gasteiger charge is -2.13. The fraction of sp³-hybridized carbons (Fsp3) is 0.700. The van der Waals surface area contributed by atoms with Gasteiger partial charge in [0.2, 0.25) is 5.91 Å². The third kappa shape index (κ3) is 6.05. The standard InChI is InChI=1S/C10H20N2OS/c1-4-5-12-10(13)9(3)14-7-8(2)6-11/h4,8-9H,1,5-7,11H2,2-3H3,(H,12,13). The van der Waals surface area contributed by atoms with Gasteiger partial charge in [-0.05, 0) is 25.1 Å². The topological polar surface area (TPSA) is 55.1 Å². The number of rotatable bonds is 7. The van der Waals surface area contributed by atoms with Crippen molar-refractivity contribution in [3.8, 4) is 0 Å². The van der Waals surface area contributed by atoms with Crippen molar-refractivity contribution in [3.05, 3.63) is 12.7 Å². The Morgan fingerprint density at radius 3 is 2.79 bits per heavy atom. The molecule has 0 saturated heterocycles. The van der Waals surface area contributed by atoms with Gasteiger partial charge >= 0.3 is 0 Å². The fourth-order valence-corrected chi connectivity index (χ4v) is 1.76. The van der Waals surface area contributed by atoms with E-state index in [1.807, 2.05) is 6.92 Å². The van der Waals surface area contributed by atoms with E-state index in [0.29, 0.717) is 19.0 Å². The molecule has 2 atom stereocenters. The summed E-state index contributed by atoms with van der Waals surface area (Å²) in [5, 5.41) is 2.75. The average molecular weight is 216 g/mol. The number of nitrogens with one attached hydrogen (secondary N) is 1. The number of amides is 1. The summed E-state index contributed by atoms with van der Waals surface area (Å²) >= 11 is 1.64. The van der Waals surface area contributed by atoms with E-state index in [9.17, 15) is 4.79 Å².